The summed E-state index contributed by atoms with van der Waals surface area (Å²) in [4.78, 5) is 5.42. The molecule has 8 rings (SSSR count). The number of hydrogen-bond acceptors (Lipinski definition) is 1. The summed E-state index contributed by atoms with van der Waals surface area (Å²) in [5, 5.41) is 7.23. The smallest absolute Gasteiger partial charge is 0.0840 e. The van der Waals surface area contributed by atoms with E-state index in [-0.39, 0.29) is 0 Å². The van der Waals surface area contributed by atoms with E-state index in [9.17, 15) is 0 Å². The maximum Gasteiger partial charge on any atom is 0.0840 e. The van der Waals surface area contributed by atoms with Crippen LogP contribution in [0.25, 0.3) is 60.4 Å². The summed E-state index contributed by atoms with van der Waals surface area (Å²) in [6.07, 6.45) is 7.64. The molecule has 1 heterocycles. The zero-order valence-corrected chi connectivity index (χ0v) is 26.9. The van der Waals surface area contributed by atoms with E-state index >= 15 is 0 Å². The van der Waals surface area contributed by atoms with Crippen LogP contribution in [0.2, 0.25) is 0 Å². The molecule has 0 radical (unpaired) electrons. The Balaban J connectivity index is 1.34. The third kappa shape index (κ3) is 5.67. The summed E-state index contributed by atoms with van der Waals surface area (Å²) in [6.45, 7) is 0. The van der Waals surface area contributed by atoms with E-state index in [1.165, 1.54) is 54.9 Å². The molecule has 222 valence electrons. The monoisotopic (exact) mass is 617 g/mol. The van der Waals surface area contributed by atoms with E-state index in [1.807, 2.05) is 0 Å². The predicted octanol–water partition coefficient (Wildman–Crippen LogP) is 11.6. The number of aromatic nitrogens is 1. The van der Waals surface area contributed by atoms with Crippen molar-refractivity contribution in [1.82, 2.24) is 4.98 Å². The van der Waals surface area contributed by atoms with Crippen LogP contribution < -0.4 is 5.30 Å². The minimum Gasteiger partial charge on any atom is -0.247 e. The fraction of sp³-hybridized carbons (Fsp3) is 0.0222. The van der Waals surface area contributed by atoms with Gasteiger partial charge < -0.3 is 0 Å². The zero-order valence-electron chi connectivity index (χ0n) is 26.0. The molecule has 0 fully saturated rings. The topological polar surface area (TPSA) is 12.9 Å². The highest BCUT2D eigenvalue weighted by atomic mass is 31.1. The van der Waals surface area contributed by atoms with Crippen LogP contribution in [0.5, 0.6) is 0 Å². The number of allylic oxidation sites excluding steroid dienone is 1. The molecule has 0 atom stereocenters. The molecule has 0 aliphatic rings. The summed E-state index contributed by atoms with van der Waals surface area (Å²) in [6, 6.07) is 58.6. The van der Waals surface area contributed by atoms with Gasteiger partial charge in [-0.25, -0.2) is 4.98 Å². The van der Waals surface area contributed by atoms with Crippen molar-refractivity contribution in [3.63, 3.8) is 0 Å². The molecular formula is C45H32NP. The van der Waals surface area contributed by atoms with Crippen LogP contribution in [-0.2, 0) is 6.42 Å². The Hall–Kier alpha value is -5.62. The molecule has 0 aliphatic carbocycles. The lowest BCUT2D eigenvalue weighted by Crippen LogP contribution is -2.08. The van der Waals surface area contributed by atoms with Crippen molar-refractivity contribution in [2.75, 3.05) is 0 Å². The first kappa shape index (κ1) is 28.8. The largest absolute Gasteiger partial charge is 0.247 e. The second-order valence-electron chi connectivity index (χ2n) is 11.9. The van der Waals surface area contributed by atoms with Crippen LogP contribution >= 0.6 is 8.20 Å². The summed E-state index contributed by atoms with van der Waals surface area (Å²) in [5.74, 6) is 0. The Morgan fingerprint density at radius 3 is 1.94 bits per heavy atom. The summed E-state index contributed by atoms with van der Waals surface area (Å²) in [5.41, 5.74) is 10.3. The molecule has 8 aromatic rings. The first-order valence-electron chi connectivity index (χ1n) is 16.0. The van der Waals surface area contributed by atoms with Crippen molar-refractivity contribution >= 4 is 57.8 Å². The highest BCUT2D eigenvalue weighted by Gasteiger charge is 2.17. The second kappa shape index (κ2) is 12.6. The molecule has 0 unspecified atom stereocenters. The van der Waals surface area contributed by atoms with Gasteiger partial charge in [0.05, 0.1) is 11.2 Å². The van der Waals surface area contributed by atoms with Crippen molar-refractivity contribution in [3.8, 4) is 22.4 Å². The second-order valence-corrected chi connectivity index (χ2v) is 12.6. The number of benzene rings is 7. The molecule has 2 heteroatoms. The molecule has 0 bridgehead atoms. The van der Waals surface area contributed by atoms with E-state index in [0.717, 1.165) is 42.1 Å². The summed E-state index contributed by atoms with van der Waals surface area (Å²) in [7, 11) is 0.923. The Morgan fingerprint density at radius 2 is 1.21 bits per heavy atom. The third-order valence-electron chi connectivity index (χ3n) is 8.97. The first-order valence-corrected chi connectivity index (χ1v) is 17.1. The third-order valence-corrected chi connectivity index (χ3v) is 9.74. The van der Waals surface area contributed by atoms with Crippen LogP contribution in [0.4, 0.5) is 0 Å². The highest BCUT2D eigenvalue weighted by molar-refractivity contribution is 7.46. The molecule has 0 saturated heterocycles. The Labute approximate surface area is 277 Å². The van der Waals surface area contributed by atoms with Gasteiger partial charge in [-0.3, -0.25) is 0 Å². The lowest BCUT2D eigenvalue weighted by atomic mass is 9.92. The van der Waals surface area contributed by atoms with Crippen molar-refractivity contribution in [3.05, 3.63) is 187 Å². The molecule has 0 aliphatic heterocycles. The van der Waals surface area contributed by atoms with Gasteiger partial charge in [0, 0.05) is 16.3 Å². The Morgan fingerprint density at radius 1 is 0.574 bits per heavy atom. The Bertz CT molecular complexity index is 2440. The maximum absolute atomic E-state index is 5.42. The molecule has 47 heavy (non-hydrogen) atoms. The highest BCUT2D eigenvalue weighted by Crippen LogP contribution is 2.36. The lowest BCUT2D eigenvalue weighted by Gasteiger charge is -2.17. The van der Waals surface area contributed by atoms with E-state index in [2.05, 4.69) is 176 Å². The van der Waals surface area contributed by atoms with Crippen LogP contribution in [0.15, 0.2) is 170 Å². The predicted molar refractivity (Wildman–Crippen MR) is 205 cm³/mol. The van der Waals surface area contributed by atoms with Crippen molar-refractivity contribution in [2.45, 2.75) is 6.42 Å². The average Bonchev–Trinajstić information content (AvgIpc) is 3.14. The quantitative estimate of drug-likeness (QED) is 0.162. The molecule has 7 aromatic carbocycles. The van der Waals surface area contributed by atoms with Crippen LogP contribution in [0.1, 0.15) is 16.7 Å². The van der Waals surface area contributed by atoms with Gasteiger partial charge >= 0.3 is 0 Å². The van der Waals surface area contributed by atoms with Crippen molar-refractivity contribution in [1.29, 1.82) is 0 Å². The molecular weight excluding hydrogens is 585 g/mol. The van der Waals surface area contributed by atoms with Crippen molar-refractivity contribution < 1.29 is 0 Å². The number of pyridine rings is 1. The van der Waals surface area contributed by atoms with Crippen LogP contribution in [0.3, 0.4) is 0 Å². The van der Waals surface area contributed by atoms with Crippen LogP contribution in [0, 0.1) is 0 Å². The van der Waals surface area contributed by atoms with Gasteiger partial charge in [-0.2, -0.15) is 0 Å². The zero-order chi connectivity index (χ0) is 31.6. The summed E-state index contributed by atoms with van der Waals surface area (Å²) >= 11 is 0. The first-order chi connectivity index (χ1) is 23.2. The molecule has 1 aromatic heterocycles. The Kier molecular flexibility index (Phi) is 7.75. The van der Waals surface area contributed by atoms with Crippen molar-refractivity contribution in [2.24, 2.45) is 0 Å². The number of hydrogen-bond donors (Lipinski definition) is 0. The normalized spacial score (nSPS) is 11.9. The fourth-order valence-corrected chi connectivity index (χ4v) is 7.28. The maximum atomic E-state index is 5.42. The SMILES string of the molecule is C=Pc1c(/C(=C\Cc2ccc3ccccc3c2)c2ccccc2)ccc2c(-c3ccccc3)cc(-c3ccc4ccccc4c3)nc12. The summed E-state index contributed by atoms with van der Waals surface area (Å²) < 4.78 is 0. The standard InChI is InChI=1S/C45H32NP/c1-47-45-41(39(34-14-4-2-5-15-34)25-21-31-20-22-32-12-8-10-18-36(32)28-31)27-26-40-42(35-16-6-3-7-17-35)30-43(46-44(40)45)38-24-23-33-13-9-11-19-37(33)29-38/h2-20,22-30H,1,21H2/b39-25-. The number of nitrogens with zero attached hydrogens (tertiary/aromatic N) is 1. The molecule has 0 saturated carbocycles. The van der Waals surface area contributed by atoms with Gasteiger partial charge in [0.1, 0.15) is 0 Å². The van der Waals surface area contributed by atoms with Gasteiger partial charge in [-0.05, 0) is 73.5 Å². The van der Waals surface area contributed by atoms with Gasteiger partial charge in [-0.15, -0.1) is 0 Å². The van der Waals surface area contributed by atoms with E-state index in [0.29, 0.717) is 0 Å². The van der Waals surface area contributed by atoms with Gasteiger partial charge in [0.15, 0.2) is 0 Å². The molecule has 0 amide bonds. The number of fused-ring (bicyclic) bond motifs is 3. The fourth-order valence-electron chi connectivity index (χ4n) is 6.59. The van der Waals surface area contributed by atoms with Gasteiger partial charge in [0.2, 0.25) is 0 Å². The van der Waals surface area contributed by atoms with Crippen LogP contribution in [-0.4, -0.2) is 11.3 Å². The molecule has 0 spiro atoms. The molecule has 0 N–H and O–H groups in total. The number of rotatable bonds is 7. The minimum absolute atomic E-state index is 0.820. The van der Waals surface area contributed by atoms with E-state index in [1.54, 1.807) is 0 Å². The van der Waals surface area contributed by atoms with Gasteiger partial charge in [-0.1, -0.05) is 172 Å². The average molecular weight is 618 g/mol. The molecule has 1 nitrogen and oxygen atoms in total. The van der Waals surface area contributed by atoms with Gasteiger partial charge in [0.25, 0.3) is 0 Å². The minimum atomic E-state index is 0.820. The lowest BCUT2D eigenvalue weighted by molar-refractivity contribution is 1.28. The van der Waals surface area contributed by atoms with E-state index in [4.69, 9.17) is 4.98 Å². The van der Waals surface area contributed by atoms with E-state index < -0.39 is 0 Å².